The molecule has 25 heavy (non-hydrogen) atoms. The van der Waals surface area contributed by atoms with Gasteiger partial charge in [0.15, 0.2) is 6.54 Å². The third kappa shape index (κ3) is 2.88. The molecule has 0 spiro atoms. The van der Waals surface area contributed by atoms with Gasteiger partial charge in [-0.25, -0.2) is 9.13 Å². The monoisotopic (exact) mass is 340 g/mol. The molecule has 3 rings (SSSR count). The van der Waals surface area contributed by atoms with E-state index in [4.69, 9.17) is 0 Å². The lowest BCUT2D eigenvalue weighted by atomic mass is 9.90. The summed E-state index contributed by atoms with van der Waals surface area (Å²) in [5, 5.41) is 0. The Morgan fingerprint density at radius 3 is 2.28 bits per heavy atom. The first-order valence-corrected chi connectivity index (χ1v) is 8.32. The topological polar surface area (TPSA) is 63.3 Å². The lowest BCUT2D eigenvalue weighted by molar-refractivity contribution is -0.686. The van der Waals surface area contributed by atoms with Crippen molar-refractivity contribution in [2.24, 2.45) is 5.92 Å². The molecule has 0 atom stereocenters. The van der Waals surface area contributed by atoms with Gasteiger partial charge in [-0.15, -0.1) is 0 Å². The summed E-state index contributed by atoms with van der Waals surface area (Å²) in [7, 11) is 3.34. The largest absolute Gasteiger partial charge is 0.345 e. The van der Waals surface area contributed by atoms with Crippen molar-refractivity contribution in [2.75, 3.05) is 14.1 Å². The number of fused-ring (bicyclic) bond motifs is 2. The SMILES string of the molecule is CC(C)Cn1c[n+](CC(=O)N(C)C)c2c1C(=O)c1ccccc1C2=O. The molecule has 0 aliphatic heterocycles. The molecule has 1 aromatic carbocycles. The van der Waals surface area contributed by atoms with Crippen molar-refractivity contribution in [3.05, 3.63) is 53.1 Å². The van der Waals surface area contributed by atoms with Gasteiger partial charge >= 0.3 is 0 Å². The highest BCUT2D eigenvalue weighted by Gasteiger charge is 2.41. The van der Waals surface area contributed by atoms with Gasteiger partial charge in [-0.1, -0.05) is 38.1 Å². The number of carbonyl (C=O) groups is 3. The van der Waals surface area contributed by atoms with Crippen LogP contribution in [0.4, 0.5) is 0 Å². The Hall–Kier alpha value is -2.76. The van der Waals surface area contributed by atoms with Gasteiger partial charge in [0, 0.05) is 25.2 Å². The molecule has 1 aliphatic carbocycles. The van der Waals surface area contributed by atoms with Gasteiger partial charge in [0.2, 0.25) is 29.3 Å². The molecule has 2 aromatic rings. The molecule has 0 unspecified atom stereocenters. The summed E-state index contributed by atoms with van der Waals surface area (Å²) < 4.78 is 3.41. The molecule has 0 bridgehead atoms. The van der Waals surface area contributed by atoms with Crippen LogP contribution in [-0.2, 0) is 17.9 Å². The smallest absolute Gasteiger partial charge is 0.264 e. The van der Waals surface area contributed by atoms with E-state index in [1.165, 1.54) is 4.90 Å². The average Bonchev–Trinajstić information content (AvgIpc) is 2.90. The third-order valence-electron chi connectivity index (χ3n) is 4.29. The maximum atomic E-state index is 13.0. The molecular formula is C19H22N3O3+. The molecule has 0 radical (unpaired) electrons. The summed E-state index contributed by atoms with van der Waals surface area (Å²) in [5.41, 5.74) is 1.51. The first-order chi connectivity index (χ1) is 11.8. The molecule has 0 fully saturated rings. The summed E-state index contributed by atoms with van der Waals surface area (Å²) in [6.45, 7) is 4.73. The van der Waals surface area contributed by atoms with E-state index in [1.807, 2.05) is 13.8 Å². The summed E-state index contributed by atoms with van der Waals surface area (Å²) in [5.74, 6) is -0.204. The van der Waals surface area contributed by atoms with Crippen LogP contribution in [0.25, 0.3) is 0 Å². The fourth-order valence-corrected chi connectivity index (χ4v) is 3.10. The van der Waals surface area contributed by atoms with Crippen molar-refractivity contribution in [1.82, 2.24) is 9.47 Å². The summed E-state index contributed by atoms with van der Waals surface area (Å²) in [4.78, 5) is 39.7. The zero-order valence-corrected chi connectivity index (χ0v) is 14.9. The minimum absolute atomic E-state index is 0.0294. The molecular weight excluding hydrogens is 318 g/mol. The minimum Gasteiger partial charge on any atom is -0.345 e. The van der Waals surface area contributed by atoms with E-state index >= 15 is 0 Å². The summed E-state index contributed by atoms with van der Waals surface area (Å²) in [6, 6.07) is 6.85. The Balaban J connectivity index is 2.18. The Morgan fingerprint density at radius 1 is 1.12 bits per heavy atom. The second-order valence-electron chi connectivity index (χ2n) is 6.98. The van der Waals surface area contributed by atoms with Crippen LogP contribution in [0.5, 0.6) is 0 Å². The normalized spacial score (nSPS) is 13.0. The molecule has 0 N–H and O–H groups in total. The third-order valence-corrected chi connectivity index (χ3v) is 4.29. The van der Waals surface area contributed by atoms with Crippen LogP contribution < -0.4 is 4.57 Å². The lowest BCUT2D eigenvalue weighted by Gasteiger charge is -2.14. The van der Waals surface area contributed by atoms with Crippen LogP contribution in [0.15, 0.2) is 30.6 Å². The number of rotatable bonds is 4. The highest BCUT2D eigenvalue weighted by molar-refractivity contribution is 6.26. The number of benzene rings is 1. The van der Waals surface area contributed by atoms with E-state index in [0.717, 1.165) is 0 Å². The van der Waals surface area contributed by atoms with Crippen molar-refractivity contribution in [3.63, 3.8) is 0 Å². The summed E-state index contributed by atoms with van der Waals surface area (Å²) in [6.07, 6.45) is 1.72. The highest BCUT2D eigenvalue weighted by atomic mass is 16.2. The number of carbonyl (C=O) groups excluding carboxylic acids is 3. The number of hydrogen-bond acceptors (Lipinski definition) is 3. The molecule has 6 nitrogen and oxygen atoms in total. The molecule has 130 valence electrons. The van der Waals surface area contributed by atoms with E-state index in [2.05, 4.69) is 0 Å². The predicted molar refractivity (Wildman–Crippen MR) is 91.5 cm³/mol. The molecule has 1 aliphatic rings. The predicted octanol–water partition coefficient (Wildman–Crippen LogP) is 1.30. The van der Waals surface area contributed by atoms with Crippen LogP contribution in [0.1, 0.15) is 46.0 Å². The van der Waals surface area contributed by atoms with Crippen LogP contribution in [0.2, 0.25) is 0 Å². The van der Waals surface area contributed by atoms with Gasteiger partial charge in [-0.05, 0) is 5.92 Å². The van der Waals surface area contributed by atoms with Crippen molar-refractivity contribution in [3.8, 4) is 0 Å². The van der Waals surface area contributed by atoms with Gasteiger partial charge < -0.3 is 4.90 Å². The van der Waals surface area contributed by atoms with Gasteiger partial charge in [0.1, 0.15) is 0 Å². The fraction of sp³-hybridized carbons (Fsp3) is 0.368. The van der Waals surface area contributed by atoms with Crippen LogP contribution in [0.3, 0.4) is 0 Å². The summed E-state index contributed by atoms with van der Waals surface area (Å²) >= 11 is 0. The van der Waals surface area contributed by atoms with Gasteiger partial charge in [-0.2, -0.15) is 0 Å². The molecule has 1 heterocycles. The van der Waals surface area contributed by atoms with Crippen molar-refractivity contribution >= 4 is 17.5 Å². The first-order valence-electron chi connectivity index (χ1n) is 8.32. The van der Waals surface area contributed by atoms with Gasteiger partial charge in [0.05, 0.1) is 6.54 Å². The number of likely N-dealkylation sites (N-methyl/N-ethyl adjacent to an activating group) is 1. The van der Waals surface area contributed by atoms with Gasteiger partial charge in [0.25, 0.3) is 5.91 Å². The quantitative estimate of drug-likeness (QED) is 0.673. The second kappa shape index (κ2) is 6.27. The number of aromatic nitrogens is 2. The van der Waals surface area contributed by atoms with Crippen molar-refractivity contribution < 1.29 is 19.0 Å². The first kappa shape index (κ1) is 17.1. The Labute approximate surface area is 146 Å². The fourth-order valence-electron chi connectivity index (χ4n) is 3.10. The molecule has 6 heteroatoms. The number of nitrogens with zero attached hydrogens (tertiary/aromatic N) is 3. The van der Waals surface area contributed by atoms with Crippen LogP contribution >= 0.6 is 0 Å². The van der Waals surface area contributed by atoms with E-state index in [-0.39, 0.29) is 24.0 Å². The zero-order chi connectivity index (χ0) is 18.3. The number of hydrogen-bond donors (Lipinski definition) is 0. The molecule has 0 saturated heterocycles. The van der Waals surface area contributed by atoms with E-state index in [9.17, 15) is 14.4 Å². The van der Waals surface area contributed by atoms with E-state index in [1.54, 1.807) is 53.8 Å². The maximum absolute atomic E-state index is 13.0. The molecule has 1 aromatic heterocycles. The Morgan fingerprint density at radius 2 is 1.72 bits per heavy atom. The standard InChI is InChI=1S/C19H22N3O3/c1-12(2)9-21-11-22(10-15(23)20(3)4)17-16(21)18(24)13-7-5-6-8-14(13)19(17)25/h5-8,11-12H,9-10H2,1-4H3/q+1. The van der Waals surface area contributed by atoms with Gasteiger partial charge in [-0.3, -0.25) is 14.4 Å². The Bertz CT molecular complexity index is 878. The van der Waals surface area contributed by atoms with Crippen molar-refractivity contribution in [2.45, 2.75) is 26.9 Å². The second-order valence-corrected chi connectivity index (χ2v) is 6.98. The minimum atomic E-state index is -0.209. The van der Waals surface area contributed by atoms with Crippen LogP contribution in [0, 0.1) is 5.92 Å². The van der Waals surface area contributed by atoms with Crippen LogP contribution in [-0.4, -0.2) is 41.0 Å². The number of amides is 1. The average molecular weight is 340 g/mol. The lowest BCUT2D eigenvalue weighted by Crippen LogP contribution is -2.46. The van der Waals surface area contributed by atoms with E-state index in [0.29, 0.717) is 35.0 Å². The zero-order valence-electron chi connectivity index (χ0n) is 14.9. The van der Waals surface area contributed by atoms with Crippen molar-refractivity contribution in [1.29, 1.82) is 0 Å². The molecule has 0 saturated carbocycles. The molecule has 1 amide bonds. The maximum Gasteiger partial charge on any atom is 0.264 e. The number of ketones is 2. The Kier molecular flexibility index (Phi) is 4.29. The number of imidazole rings is 1. The highest BCUT2D eigenvalue weighted by Crippen LogP contribution is 2.26. The van der Waals surface area contributed by atoms with E-state index < -0.39 is 0 Å².